The molecular formula is C15H24N2O2S. The van der Waals surface area contributed by atoms with E-state index in [-0.39, 0.29) is 17.6 Å². The summed E-state index contributed by atoms with van der Waals surface area (Å²) in [4.78, 5) is 8.23. The lowest BCUT2D eigenvalue weighted by Crippen LogP contribution is -2.30. The number of aromatic nitrogens is 1. The molecule has 5 heteroatoms. The van der Waals surface area contributed by atoms with Gasteiger partial charge in [-0.25, -0.2) is 4.98 Å². The lowest BCUT2D eigenvalue weighted by atomic mass is 9.77. The first kappa shape index (κ1) is 14.3. The summed E-state index contributed by atoms with van der Waals surface area (Å²) in [6, 6.07) is 0. The van der Waals surface area contributed by atoms with Gasteiger partial charge in [-0.05, 0) is 31.6 Å². The van der Waals surface area contributed by atoms with Gasteiger partial charge >= 0.3 is 0 Å². The maximum atomic E-state index is 10.3. The SMILES string of the molecule is CC1CN(c2nc3c(s2)C(O)CC(C)(C)C3)CCCO1. The van der Waals surface area contributed by atoms with E-state index in [9.17, 15) is 5.11 Å². The zero-order valence-electron chi connectivity index (χ0n) is 12.6. The Morgan fingerprint density at radius 3 is 3.05 bits per heavy atom. The molecule has 3 rings (SSSR count). The van der Waals surface area contributed by atoms with Gasteiger partial charge in [0.05, 0.1) is 22.8 Å². The Hall–Kier alpha value is -0.650. The molecule has 1 N–H and O–H groups in total. The van der Waals surface area contributed by atoms with Crippen LogP contribution in [0, 0.1) is 5.41 Å². The number of aliphatic hydroxyl groups excluding tert-OH is 1. The second-order valence-electron chi connectivity index (χ2n) is 6.85. The van der Waals surface area contributed by atoms with E-state index in [0.29, 0.717) is 0 Å². The Bertz CT molecular complexity index is 486. The number of ether oxygens (including phenoxy) is 1. The molecule has 2 unspecified atom stereocenters. The van der Waals surface area contributed by atoms with Crippen molar-refractivity contribution in [2.75, 3.05) is 24.6 Å². The van der Waals surface area contributed by atoms with Crippen LogP contribution in [0.5, 0.6) is 0 Å². The normalized spacial score (nSPS) is 29.9. The van der Waals surface area contributed by atoms with Gasteiger partial charge in [0.2, 0.25) is 0 Å². The fourth-order valence-corrected chi connectivity index (χ4v) is 4.28. The average Bonchev–Trinajstić information content (AvgIpc) is 2.63. The lowest BCUT2D eigenvalue weighted by molar-refractivity contribution is 0.0820. The third-order valence-corrected chi connectivity index (χ3v) is 5.39. The Morgan fingerprint density at radius 2 is 2.25 bits per heavy atom. The molecule has 2 atom stereocenters. The highest BCUT2D eigenvalue weighted by molar-refractivity contribution is 7.15. The smallest absolute Gasteiger partial charge is 0.185 e. The van der Waals surface area contributed by atoms with E-state index in [1.54, 1.807) is 11.3 Å². The molecule has 1 aromatic heterocycles. The van der Waals surface area contributed by atoms with Crippen molar-refractivity contribution in [3.63, 3.8) is 0 Å². The third kappa shape index (κ3) is 2.85. The molecule has 0 spiro atoms. The van der Waals surface area contributed by atoms with Crippen LogP contribution < -0.4 is 4.90 Å². The summed E-state index contributed by atoms with van der Waals surface area (Å²) < 4.78 is 5.70. The minimum Gasteiger partial charge on any atom is -0.387 e. The van der Waals surface area contributed by atoms with E-state index in [1.165, 1.54) is 0 Å². The van der Waals surface area contributed by atoms with Gasteiger partial charge in [-0.2, -0.15) is 0 Å². The molecule has 1 aliphatic heterocycles. The second-order valence-corrected chi connectivity index (χ2v) is 7.86. The fourth-order valence-electron chi connectivity index (χ4n) is 3.18. The minimum atomic E-state index is -0.347. The number of nitrogens with zero attached hydrogens (tertiary/aromatic N) is 2. The van der Waals surface area contributed by atoms with Gasteiger partial charge in [-0.1, -0.05) is 25.2 Å². The first-order valence-corrected chi connectivity index (χ1v) is 8.30. The molecule has 0 aromatic carbocycles. The fraction of sp³-hybridized carbons (Fsp3) is 0.800. The van der Waals surface area contributed by atoms with Crippen LogP contribution in [-0.4, -0.2) is 35.9 Å². The number of fused-ring (bicyclic) bond motifs is 1. The van der Waals surface area contributed by atoms with E-state index in [2.05, 4.69) is 25.7 Å². The van der Waals surface area contributed by atoms with Crippen molar-refractivity contribution in [2.24, 2.45) is 5.41 Å². The van der Waals surface area contributed by atoms with Crippen molar-refractivity contribution >= 4 is 16.5 Å². The van der Waals surface area contributed by atoms with Gasteiger partial charge in [0.15, 0.2) is 5.13 Å². The van der Waals surface area contributed by atoms with Crippen LogP contribution in [0.1, 0.15) is 50.3 Å². The molecule has 0 radical (unpaired) electrons. The highest BCUT2D eigenvalue weighted by Crippen LogP contribution is 2.44. The number of thiazole rings is 1. The van der Waals surface area contributed by atoms with Crippen molar-refractivity contribution in [3.05, 3.63) is 10.6 Å². The van der Waals surface area contributed by atoms with E-state index >= 15 is 0 Å². The topological polar surface area (TPSA) is 45.6 Å². The zero-order chi connectivity index (χ0) is 14.3. The van der Waals surface area contributed by atoms with E-state index < -0.39 is 0 Å². The molecule has 1 aromatic rings. The molecule has 1 fully saturated rings. The quantitative estimate of drug-likeness (QED) is 0.865. The van der Waals surface area contributed by atoms with Crippen molar-refractivity contribution < 1.29 is 9.84 Å². The maximum Gasteiger partial charge on any atom is 0.185 e. The standard InChI is InChI=1S/C15H24N2O2S/c1-10-9-17(5-4-6-19-10)14-16-11-7-15(2,3)8-12(18)13(11)20-14/h10,12,18H,4-9H2,1-3H3. The Morgan fingerprint density at radius 1 is 1.45 bits per heavy atom. The number of rotatable bonds is 1. The van der Waals surface area contributed by atoms with Gasteiger partial charge in [0, 0.05) is 19.7 Å². The molecular weight excluding hydrogens is 272 g/mol. The predicted molar refractivity (Wildman–Crippen MR) is 81.4 cm³/mol. The van der Waals surface area contributed by atoms with Crippen molar-refractivity contribution in [2.45, 2.75) is 52.2 Å². The molecule has 2 heterocycles. The van der Waals surface area contributed by atoms with Crippen LogP contribution in [0.2, 0.25) is 0 Å². The van der Waals surface area contributed by atoms with Gasteiger partial charge in [0.1, 0.15) is 0 Å². The molecule has 0 bridgehead atoms. The second kappa shape index (κ2) is 5.28. The van der Waals surface area contributed by atoms with Crippen molar-refractivity contribution in [1.29, 1.82) is 0 Å². The van der Waals surface area contributed by atoms with E-state index in [0.717, 1.165) is 54.7 Å². The van der Waals surface area contributed by atoms with Gasteiger partial charge in [0.25, 0.3) is 0 Å². The molecule has 0 saturated carbocycles. The highest BCUT2D eigenvalue weighted by atomic mass is 32.1. The van der Waals surface area contributed by atoms with Crippen molar-refractivity contribution in [3.8, 4) is 0 Å². The Labute approximate surface area is 124 Å². The van der Waals surface area contributed by atoms with Gasteiger partial charge < -0.3 is 14.7 Å². The number of anilines is 1. The average molecular weight is 296 g/mol. The van der Waals surface area contributed by atoms with E-state index in [1.807, 2.05) is 0 Å². The summed E-state index contributed by atoms with van der Waals surface area (Å²) in [6.45, 7) is 9.25. The molecule has 1 saturated heterocycles. The summed E-state index contributed by atoms with van der Waals surface area (Å²) in [5.41, 5.74) is 1.25. The molecule has 0 amide bonds. The first-order valence-electron chi connectivity index (χ1n) is 7.49. The van der Waals surface area contributed by atoms with Crippen LogP contribution in [0.3, 0.4) is 0 Å². The molecule has 112 valence electrons. The minimum absolute atomic E-state index is 0.146. The van der Waals surface area contributed by atoms with Crippen molar-refractivity contribution in [1.82, 2.24) is 4.98 Å². The number of aliphatic hydroxyl groups is 1. The summed E-state index contributed by atoms with van der Waals surface area (Å²) >= 11 is 1.67. The summed E-state index contributed by atoms with van der Waals surface area (Å²) in [6.07, 6.45) is 2.75. The summed E-state index contributed by atoms with van der Waals surface area (Å²) in [7, 11) is 0. The summed E-state index contributed by atoms with van der Waals surface area (Å²) in [5.74, 6) is 0. The largest absolute Gasteiger partial charge is 0.387 e. The highest BCUT2D eigenvalue weighted by Gasteiger charge is 2.35. The molecule has 1 aliphatic carbocycles. The number of hydrogen-bond donors (Lipinski definition) is 1. The molecule has 4 nitrogen and oxygen atoms in total. The summed E-state index contributed by atoms with van der Waals surface area (Å²) in [5, 5.41) is 11.4. The van der Waals surface area contributed by atoms with Crippen LogP contribution in [0.4, 0.5) is 5.13 Å². The maximum absolute atomic E-state index is 10.3. The molecule has 20 heavy (non-hydrogen) atoms. The lowest BCUT2D eigenvalue weighted by Gasteiger charge is -2.31. The predicted octanol–water partition coefficient (Wildman–Crippen LogP) is 2.76. The van der Waals surface area contributed by atoms with Crippen LogP contribution in [0.15, 0.2) is 0 Å². The number of hydrogen-bond acceptors (Lipinski definition) is 5. The van der Waals surface area contributed by atoms with Crippen LogP contribution >= 0.6 is 11.3 Å². The first-order chi connectivity index (χ1) is 9.44. The van der Waals surface area contributed by atoms with Crippen LogP contribution in [0.25, 0.3) is 0 Å². The zero-order valence-corrected chi connectivity index (χ0v) is 13.4. The van der Waals surface area contributed by atoms with Gasteiger partial charge in [-0.3, -0.25) is 0 Å². The Kier molecular flexibility index (Phi) is 3.77. The third-order valence-electron chi connectivity index (χ3n) is 4.13. The monoisotopic (exact) mass is 296 g/mol. The molecule has 2 aliphatic rings. The van der Waals surface area contributed by atoms with Crippen LogP contribution in [-0.2, 0) is 11.2 Å². The van der Waals surface area contributed by atoms with E-state index in [4.69, 9.17) is 9.72 Å². The van der Waals surface area contributed by atoms with Gasteiger partial charge in [-0.15, -0.1) is 0 Å². The Balaban J connectivity index is 1.85.